The van der Waals surface area contributed by atoms with Crippen molar-refractivity contribution in [1.82, 2.24) is 15.1 Å². The standard InChI is InChI=1S/C16H21BrFN3/c1-4-19-10-12(13-7-5-6-8-14(13)18)9-15-16(17)11(2)20-21(15)3/h5-8,12,19H,4,9-10H2,1-3H3. The summed E-state index contributed by atoms with van der Waals surface area (Å²) in [6, 6.07) is 7.01. The van der Waals surface area contributed by atoms with E-state index in [2.05, 4.69) is 33.3 Å². The molecule has 114 valence electrons. The molecule has 2 aromatic rings. The van der Waals surface area contributed by atoms with E-state index in [0.29, 0.717) is 0 Å². The highest BCUT2D eigenvalue weighted by Crippen LogP contribution is 2.28. The summed E-state index contributed by atoms with van der Waals surface area (Å²) in [5, 5.41) is 7.74. The van der Waals surface area contributed by atoms with Gasteiger partial charge >= 0.3 is 0 Å². The van der Waals surface area contributed by atoms with Crippen LogP contribution in [0.5, 0.6) is 0 Å². The van der Waals surface area contributed by atoms with Gasteiger partial charge in [-0.05, 0) is 47.4 Å². The van der Waals surface area contributed by atoms with E-state index in [1.807, 2.05) is 30.8 Å². The number of hydrogen-bond donors (Lipinski definition) is 1. The zero-order chi connectivity index (χ0) is 15.4. The number of hydrogen-bond acceptors (Lipinski definition) is 2. The van der Waals surface area contributed by atoms with Crippen molar-refractivity contribution in [2.75, 3.05) is 13.1 Å². The van der Waals surface area contributed by atoms with Crippen molar-refractivity contribution in [3.8, 4) is 0 Å². The molecule has 1 heterocycles. The molecule has 0 aliphatic heterocycles. The maximum absolute atomic E-state index is 14.1. The average molecular weight is 354 g/mol. The first-order chi connectivity index (χ1) is 10.0. The third kappa shape index (κ3) is 3.71. The fourth-order valence-electron chi connectivity index (χ4n) is 2.55. The molecule has 1 aromatic heterocycles. The summed E-state index contributed by atoms with van der Waals surface area (Å²) >= 11 is 3.59. The topological polar surface area (TPSA) is 29.9 Å². The van der Waals surface area contributed by atoms with Gasteiger partial charge < -0.3 is 5.32 Å². The minimum atomic E-state index is -0.143. The van der Waals surface area contributed by atoms with Gasteiger partial charge in [-0.1, -0.05) is 25.1 Å². The smallest absolute Gasteiger partial charge is 0.126 e. The normalized spacial score (nSPS) is 12.6. The van der Waals surface area contributed by atoms with Gasteiger partial charge in [0.1, 0.15) is 5.82 Å². The maximum Gasteiger partial charge on any atom is 0.126 e. The number of nitrogens with zero attached hydrogens (tertiary/aromatic N) is 2. The molecule has 0 radical (unpaired) electrons. The van der Waals surface area contributed by atoms with Crippen LogP contribution < -0.4 is 5.32 Å². The van der Waals surface area contributed by atoms with E-state index in [1.165, 1.54) is 6.07 Å². The minimum absolute atomic E-state index is 0.0808. The first-order valence-corrected chi connectivity index (χ1v) is 7.97. The largest absolute Gasteiger partial charge is 0.316 e. The zero-order valence-corrected chi connectivity index (χ0v) is 14.2. The molecular formula is C16H21BrFN3. The summed E-state index contributed by atoms with van der Waals surface area (Å²) in [6.45, 7) is 5.64. The summed E-state index contributed by atoms with van der Waals surface area (Å²) in [7, 11) is 1.93. The van der Waals surface area contributed by atoms with Gasteiger partial charge in [0.15, 0.2) is 0 Å². The van der Waals surface area contributed by atoms with Crippen LogP contribution in [0.4, 0.5) is 4.39 Å². The van der Waals surface area contributed by atoms with Crippen LogP contribution in [0, 0.1) is 12.7 Å². The fourth-order valence-corrected chi connectivity index (χ4v) is 3.05. The van der Waals surface area contributed by atoms with Crippen LogP contribution >= 0.6 is 15.9 Å². The Hall–Kier alpha value is -1.20. The predicted molar refractivity (Wildman–Crippen MR) is 87.0 cm³/mol. The lowest BCUT2D eigenvalue weighted by Crippen LogP contribution is -2.24. The van der Waals surface area contributed by atoms with E-state index in [0.717, 1.165) is 40.9 Å². The van der Waals surface area contributed by atoms with Gasteiger partial charge in [0.25, 0.3) is 0 Å². The Kier molecular flexibility index (Phi) is 5.53. The Morgan fingerprint density at radius 2 is 2.10 bits per heavy atom. The van der Waals surface area contributed by atoms with Crippen LogP contribution in [0.15, 0.2) is 28.7 Å². The van der Waals surface area contributed by atoms with E-state index in [-0.39, 0.29) is 11.7 Å². The van der Waals surface area contributed by atoms with Gasteiger partial charge in [-0.15, -0.1) is 0 Å². The molecule has 1 unspecified atom stereocenters. The molecule has 21 heavy (non-hydrogen) atoms. The number of aryl methyl sites for hydroxylation is 2. The van der Waals surface area contributed by atoms with Gasteiger partial charge in [0.2, 0.25) is 0 Å². The average Bonchev–Trinajstić information content (AvgIpc) is 2.70. The van der Waals surface area contributed by atoms with E-state index < -0.39 is 0 Å². The van der Waals surface area contributed by atoms with Crippen LogP contribution in [0.1, 0.15) is 29.8 Å². The Morgan fingerprint density at radius 1 is 1.38 bits per heavy atom. The van der Waals surface area contributed by atoms with Crippen molar-refractivity contribution >= 4 is 15.9 Å². The first kappa shape index (κ1) is 16.2. The van der Waals surface area contributed by atoms with Crippen LogP contribution in [0.25, 0.3) is 0 Å². The number of nitrogens with one attached hydrogen (secondary N) is 1. The van der Waals surface area contributed by atoms with Crippen molar-refractivity contribution in [3.05, 3.63) is 51.5 Å². The molecule has 0 saturated carbocycles. The molecule has 0 bridgehead atoms. The number of likely N-dealkylation sites (N-methyl/N-ethyl adjacent to an activating group) is 1. The summed E-state index contributed by atoms with van der Waals surface area (Å²) in [5.41, 5.74) is 2.81. The van der Waals surface area contributed by atoms with Gasteiger partial charge in [0.05, 0.1) is 15.9 Å². The summed E-state index contributed by atoms with van der Waals surface area (Å²) < 4.78 is 17.0. The van der Waals surface area contributed by atoms with Crippen molar-refractivity contribution in [1.29, 1.82) is 0 Å². The molecular weight excluding hydrogens is 333 g/mol. The fraction of sp³-hybridized carbons (Fsp3) is 0.438. The maximum atomic E-state index is 14.1. The lowest BCUT2D eigenvalue weighted by molar-refractivity contribution is 0.531. The second-order valence-electron chi connectivity index (χ2n) is 5.20. The molecule has 0 aliphatic rings. The molecule has 3 nitrogen and oxygen atoms in total. The third-order valence-electron chi connectivity index (χ3n) is 3.69. The Bertz CT molecular complexity index is 610. The number of rotatable bonds is 6. The van der Waals surface area contributed by atoms with E-state index in [1.54, 1.807) is 6.07 Å². The van der Waals surface area contributed by atoms with Gasteiger partial charge in [-0.2, -0.15) is 5.10 Å². The monoisotopic (exact) mass is 353 g/mol. The first-order valence-electron chi connectivity index (χ1n) is 7.17. The van der Waals surface area contributed by atoms with Gasteiger partial charge in [-0.25, -0.2) is 4.39 Å². The SMILES string of the molecule is CCNCC(Cc1c(Br)c(C)nn1C)c1ccccc1F. The molecule has 1 atom stereocenters. The highest BCUT2D eigenvalue weighted by atomic mass is 79.9. The van der Waals surface area contributed by atoms with Crippen molar-refractivity contribution < 1.29 is 4.39 Å². The Morgan fingerprint density at radius 3 is 2.67 bits per heavy atom. The van der Waals surface area contributed by atoms with Crippen LogP contribution in [0.2, 0.25) is 0 Å². The summed E-state index contributed by atoms with van der Waals surface area (Å²) in [5.74, 6) is -0.0623. The number of benzene rings is 1. The third-order valence-corrected chi connectivity index (χ3v) is 4.72. The van der Waals surface area contributed by atoms with Crippen molar-refractivity contribution in [2.24, 2.45) is 7.05 Å². The van der Waals surface area contributed by atoms with Gasteiger partial charge in [-0.3, -0.25) is 4.68 Å². The van der Waals surface area contributed by atoms with E-state index >= 15 is 0 Å². The van der Waals surface area contributed by atoms with E-state index in [9.17, 15) is 4.39 Å². The van der Waals surface area contributed by atoms with Crippen LogP contribution in [-0.2, 0) is 13.5 Å². The number of halogens is 2. The predicted octanol–water partition coefficient (Wildman–Crippen LogP) is 3.57. The second-order valence-corrected chi connectivity index (χ2v) is 5.99. The number of aromatic nitrogens is 2. The highest BCUT2D eigenvalue weighted by molar-refractivity contribution is 9.10. The Labute approximate surface area is 133 Å². The molecule has 0 amide bonds. The van der Waals surface area contributed by atoms with Crippen LogP contribution in [0.3, 0.4) is 0 Å². The quantitative estimate of drug-likeness (QED) is 0.860. The Balaban J connectivity index is 2.31. The molecule has 2 rings (SSSR count). The summed E-state index contributed by atoms with van der Waals surface area (Å²) in [6.07, 6.45) is 0.742. The zero-order valence-electron chi connectivity index (χ0n) is 12.7. The highest BCUT2D eigenvalue weighted by Gasteiger charge is 2.20. The van der Waals surface area contributed by atoms with Crippen molar-refractivity contribution in [3.63, 3.8) is 0 Å². The lowest BCUT2D eigenvalue weighted by Gasteiger charge is -2.19. The van der Waals surface area contributed by atoms with Crippen molar-refractivity contribution in [2.45, 2.75) is 26.2 Å². The molecule has 1 N–H and O–H groups in total. The molecule has 0 spiro atoms. The molecule has 5 heteroatoms. The lowest BCUT2D eigenvalue weighted by atomic mass is 9.93. The van der Waals surface area contributed by atoms with Gasteiger partial charge in [0, 0.05) is 19.5 Å². The molecule has 0 fully saturated rings. The van der Waals surface area contributed by atoms with E-state index in [4.69, 9.17) is 0 Å². The molecule has 0 saturated heterocycles. The minimum Gasteiger partial charge on any atom is -0.316 e. The molecule has 1 aromatic carbocycles. The summed E-state index contributed by atoms with van der Waals surface area (Å²) in [4.78, 5) is 0. The molecule has 0 aliphatic carbocycles. The second kappa shape index (κ2) is 7.18. The van der Waals surface area contributed by atoms with Crippen LogP contribution in [-0.4, -0.2) is 22.9 Å².